The molecule has 1 aromatic rings. The monoisotopic (exact) mass is 279 g/mol. The van der Waals surface area contributed by atoms with Crippen LogP contribution in [0.1, 0.15) is 19.7 Å². The molecule has 1 rings (SSSR count). The third kappa shape index (κ3) is 4.90. The fourth-order valence-electron chi connectivity index (χ4n) is 1.36. The first-order valence-electron chi connectivity index (χ1n) is 5.72. The van der Waals surface area contributed by atoms with Gasteiger partial charge in [0.2, 0.25) is 11.7 Å². The summed E-state index contributed by atoms with van der Waals surface area (Å²) in [5, 5.41) is 2.70. The van der Waals surface area contributed by atoms with Crippen molar-refractivity contribution in [1.29, 1.82) is 0 Å². The van der Waals surface area contributed by atoms with Gasteiger partial charge in [0.1, 0.15) is 11.9 Å². The van der Waals surface area contributed by atoms with Gasteiger partial charge in [-0.05, 0) is 13.8 Å². The van der Waals surface area contributed by atoms with Crippen molar-refractivity contribution >= 4 is 5.82 Å². The molecular formula is C11H16F3N3O2. The number of aromatic nitrogens is 2. The zero-order valence-electron chi connectivity index (χ0n) is 10.9. The van der Waals surface area contributed by atoms with Crippen LogP contribution in [0.4, 0.5) is 19.0 Å². The molecule has 1 aromatic heterocycles. The highest BCUT2D eigenvalue weighted by atomic mass is 19.4. The van der Waals surface area contributed by atoms with E-state index in [0.29, 0.717) is 6.54 Å². The van der Waals surface area contributed by atoms with Gasteiger partial charge >= 0.3 is 6.18 Å². The predicted molar refractivity (Wildman–Crippen MR) is 63.2 cm³/mol. The summed E-state index contributed by atoms with van der Waals surface area (Å²) >= 11 is 0. The molecule has 5 nitrogen and oxygen atoms in total. The van der Waals surface area contributed by atoms with Gasteiger partial charge in [-0.25, -0.2) is 4.98 Å². The summed E-state index contributed by atoms with van der Waals surface area (Å²) in [4.78, 5) is 6.74. The molecule has 0 saturated carbocycles. The topological polar surface area (TPSA) is 56.3 Å². The van der Waals surface area contributed by atoms with E-state index in [1.165, 1.54) is 13.2 Å². The van der Waals surface area contributed by atoms with E-state index >= 15 is 0 Å². The average Bonchev–Trinajstić information content (AvgIpc) is 2.28. The molecule has 108 valence electrons. The van der Waals surface area contributed by atoms with Gasteiger partial charge < -0.3 is 14.8 Å². The van der Waals surface area contributed by atoms with E-state index in [2.05, 4.69) is 15.3 Å². The number of rotatable bonds is 6. The summed E-state index contributed by atoms with van der Waals surface area (Å²) in [5.41, 5.74) is 0. The Labute approximate surface area is 109 Å². The summed E-state index contributed by atoms with van der Waals surface area (Å²) < 4.78 is 48.0. The molecule has 19 heavy (non-hydrogen) atoms. The summed E-state index contributed by atoms with van der Waals surface area (Å²) in [6, 6.07) is 1.32. The van der Waals surface area contributed by atoms with Gasteiger partial charge in [0.25, 0.3) is 0 Å². The quantitative estimate of drug-likeness (QED) is 0.866. The molecule has 1 N–H and O–H groups in total. The van der Waals surface area contributed by atoms with Crippen LogP contribution in [0.15, 0.2) is 6.07 Å². The molecule has 1 heterocycles. The van der Waals surface area contributed by atoms with Crippen molar-refractivity contribution in [3.8, 4) is 5.88 Å². The third-order valence-electron chi connectivity index (χ3n) is 2.04. The molecule has 0 aliphatic carbocycles. The van der Waals surface area contributed by atoms with Gasteiger partial charge in [-0.15, -0.1) is 0 Å². The number of alkyl halides is 3. The lowest BCUT2D eigenvalue weighted by atomic mass is 10.4. The van der Waals surface area contributed by atoms with Crippen LogP contribution in [0.3, 0.4) is 0 Å². The van der Waals surface area contributed by atoms with Crippen LogP contribution >= 0.6 is 0 Å². The Kier molecular flexibility index (Phi) is 5.34. The van der Waals surface area contributed by atoms with E-state index < -0.39 is 18.1 Å². The first kappa shape index (κ1) is 15.5. The highest BCUT2D eigenvalue weighted by Gasteiger charge is 2.35. The highest BCUT2D eigenvalue weighted by molar-refractivity contribution is 5.38. The largest absolute Gasteiger partial charge is 0.472 e. The molecule has 1 unspecified atom stereocenters. The standard InChI is InChI=1S/C11H16F3N3O2/c1-4-15-8-5-9(19-7(2)6-18-3)17-10(16-8)11(12,13)14/h5,7H,4,6H2,1-3H3,(H,15,16,17). The van der Waals surface area contributed by atoms with E-state index in [1.807, 2.05) is 0 Å². The van der Waals surface area contributed by atoms with Crippen LogP contribution in [0.2, 0.25) is 0 Å². The summed E-state index contributed by atoms with van der Waals surface area (Å²) in [7, 11) is 1.48. The number of halogens is 3. The van der Waals surface area contributed by atoms with Crippen LogP contribution in [-0.4, -0.2) is 36.3 Å². The second kappa shape index (κ2) is 6.55. The molecule has 0 aliphatic rings. The van der Waals surface area contributed by atoms with E-state index in [0.717, 1.165) is 0 Å². The second-order valence-corrected chi connectivity index (χ2v) is 3.83. The second-order valence-electron chi connectivity index (χ2n) is 3.83. The SMILES string of the molecule is CCNc1cc(OC(C)COC)nc(C(F)(F)F)n1. The maximum atomic E-state index is 12.6. The number of hydrogen-bond donors (Lipinski definition) is 1. The van der Waals surface area contributed by atoms with Crippen molar-refractivity contribution in [3.05, 3.63) is 11.9 Å². The van der Waals surface area contributed by atoms with Gasteiger partial charge in [-0.2, -0.15) is 18.2 Å². The lowest BCUT2D eigenvalue weighted by Crippen LogP contribution is -2.20. The molecule has 0 saturated heterocycles. The fourth-order valence-corrected chi connectivity index (χ4v) is 1.36. The Morgan fingerprint density at radius 2 is 2.05 bits per heavy atom. The van der Waals surface area contributed by atoms with Gasteiger partial charge in [-0.3, -0.25) is 0 Å². The van der Waals surface area contributed by atoms with Crippen molar-refractivity contribution in [2.24, 2.45) is 0 Å². The minimum atomic E-state index is -4.62. The van der Waals surface area contributed by atoms with E-state index in [4.69, 9.17) is 9.47 Å². The van der Waals surface area contributed by atoms with Crippen LogP contribution in [0.5, 0.6) is 5.88 Å². The lowest BCUT2D eigenvalue weighted by Gasteiger charge is -2.15. The minimum Gasteiger partial charge on any atom is -0.472 e. The predicted octanol–water partition coefficient (Wildman–Crippen LogP) is 2.34. The molecule has 1 atom stereocenters. The molecule has 0 radical (unpaired) electrons. The van der Waals surface area contributed by atoms with E-state index in [9.17, 15) is 13.2 Å². The molecule has 0 aromatic carbocycles. The average molecular weight is 279 g/mol. The molecule has 0 aliphatic heterocycles. The third-order valence-corrected chi connectivity index (χ3v) is 2.04. The molecule has 8 heteroatoms. The highest BCUT2D eigenvalue weighted by Crippen LogP contribution is 2.29. The maximum absolute atomic E-state index is 12.6. The molecule has 0 amide bonds. The van der Waals surface area contributed by atoms with E-state index in [1.54, 1.807) is 13.8 Å². The van der Waals surface area contributed by atoms with Gasteiger partial charge in [0, 0.05) is 19.7 Å². The Hall–Kier alpha value is -1.57. The van der Waals surface area contributed by atoms with Gasteiger partial charge in [0.15, 0.2) is 0 Å². The lowest BCUT2D eigenvalue weighted by molar-refractivity contribution is -0.145. The van der Waals surface area contributed by atoms with Gasteiger partial charge in [0.05, 0.1) is 6.61 Å². The van der Waals surface area contributed by atoms with E-state index in [-0.39, 0.29) is 18.3 Å². The number of methoxy groups -OCH3 is 1. The van der Waals surface area contributed by atoms with Crippen molar-refractivity contribution in [2.75, 3.05) is 25.6 Å². The molecule has 0 bridgehead atoms. The summed E-state index contributed by atoms with van der Waals surface area (Å²) in [6.07, 6.45) is -5.02. The Bertz CT molecular complexity index is 413. The Balaban J connectivity index is 2.99. The smallest absolute Gasteiger partial charge is 0.451 e. The van der Waals surface area contributed by atoms with Crippen LogP contribution in [0, 0.1) is 0 Å². The summed E-state index contributed by atoms with van der Waals surface area (Å²) in [6.45, 7) is 4.12. The molecule has 0 fully saturated rings. The number of nitrogens with zero attached hydrogens (tertiary/aromatic N) is 2. The normalized spacial score (nSPS) is 13.2. The number of ether oxygens (including phenoxy) is 2. The van der Waals surface area contributed by atoms with Crippen molar-refractivity contribution in [2.45, 2.75) is 26.1 Å². The number of anilines is 1. The first-order chi connectivity index (χ1) is 8.86. The van der Waals surface area contributed by atoms with Gasteiger partial charge in [-0.1, -0.05) is 0 Å². The van der Waals surface area contributed by atoms with Crippen molar-refractivity contribution < 1.29 is 22.6 Å². The first-order valence-corrected chi connectivity index (χ1v) is 5.72. The zero-order chi connectivity index (χ0) is 14.5. The summed E-state index contributed by atoms with van der Waals surface area (Å²) in [5.74, 6) is -1.29. The van der Waals surface area contributed by atoms with Crippen LogP contribution in [-0.2, 0) is 10.9 Å². The fraction of sp³-hybridized carbons (Fsp3) is 0.636. The van der Waals surface area contributed by atoms with Crippen molar-refractivity contribution in [3.63, 3.8) is 0 Å². The van der Waals surface area contributed by atoms with Crippen LogP contribution < -0.4 is 10.1 Å². The Morgan fingerprint density at radius 3 is 2.58 bits per heavy atom. The Morgan fingerprint density at radius 1 is 1.37 bits per heavy atom. The minimum absolute atomic E-state index is 0.0736. The zero-order valence-corrected chi connectivity index (χ0v) is 10.9. The maximum Gasteiger partial charge on any atom is 0.451 e. The molecular weight excluding hydrogens is 263 g/mol. The number of nitrogens with one attached hydrogen (secondary N) is 1. The van der Waals surface area contributed by atoms with Crippen LogP contribution in [0.25, 0.3) is 0 Å². The molecule has 0 spiro atoms. The van der Waals surface area contributed by atoms with Crippen molar-refractivity contribution in [1.82, 2.24) is 9.97 Å². The number of hydrogen-bond acceptors (Lipinski definition) is 5.